The summed E-state index contributed by atoms with van der Waals surface area (Å²) in [5, 5.41) is 0.101. The number of rotatable bonds is 3. The Kier molecular flexibility index (Phi) is 4.13. The Morgan fingerprint density at radius 3 is 2.53 bits per heavy atom. The van der Waals surface area contributed by atoms with E-state index in [2.05, 4.69) is 0 Å². The standard InChI is InChI=1S/C24H16FNO4/c1-29-17-9-5-6-14(12-17)21-20-22(27)18-13-15(25)10-11-19(18)30-23(20)24(28)26(21)16-7-3-2-4-8-16/h2-13,21H,1H3. The second-order valence-corrected chi connectivity index (χ2v) is 7.00. The molecule has 4 aromatic rings. The molecular weight excluding hydrogens is 385 g/mol. The first-order chi connectivity index (χ1) is 14.6. The molecule has 148 valence electrons. The number of hydrogen-bond donors (Lipinski definition) is 0. The van der Waals surface area contributed by atoms with Crippen molar-refractivity contribution in [3.8, 4) is 5.75 Å². The van der Waals surface area contributed by atoms with Gasteiger partial charge in [0.15, 0.2) is 5.43 Å². The van der Waals surface area contributed by atoms with Crippen molar-refractivity contribution in [3.05, 3.63) is 106 Å². The minimum atomic E-state index is -0.728. The van der Waals surface area contributed by atoms with Crippen LogP contribution < -0.4 is 15.1 Å². The Labute approximate surface area is 170 Å². The molecule has 1 aromatic heterocycles. The maximum Gasteiger partial charge on any atom is 0.295 e. The first-order valence-electron chi connectivity index (χ1n) is 9.37. The minimum absolute atomic E-state index is 0.0317. The molecule has 2 heterocycles. The smallest absolute Gasteiger partial charge is 0.295 e. The number of fused-ring (bicyclic) bond motifs is 2. The Bertz CT molecular complexity index is 1350. The third kappa shape index (κ3) is 2.69. The van der Waals surface area contributed by atoms with Crippen LogP contribution in [0.5, 0.6) is 5.75 Å². The Morgan fingerprint density at radius 2 is 1.77 bits per heavy atom. The van der Waals surface area contributed by atoms with Crippen molar-refractivity contribution in [1.82, 2.24) is 0 Å². The van der Waals surface area contributed by atoms with Crippen molar-refractivity contribution in [2.75, 3.05) is 12.0 Å². The van der Waals surface area contributed by atoms with Gasteiger partial charge in [-0.1, -0.05) is 30.3 Å². The van der Waals surface area contributed by atoms with Gasteiger partial charge in [0.05, 0.1) is 24.1 Å². The molecule has 1 unspecified atom stereocenters. The third-order valence-corrected chi connectivity index (χ3v) is 5.28. The number of benzene rings is 3. The zero-order valence-corrected chi connectivity index (χ0v) is 16.0. The summed E-state index contributed by atoms with van der Waals surface area (Å²) >= 11 is 0. The number of amides is 1. The molecule has 0 fully saturated rings. The molecule has 5 nitrogen and oxygen atoms in total. The molecule has 5 rings (SSSR count). The molecule has 6 heteroatoms. The van der Waals surface area contributed by atoms with Crippen molar-refractivity contribution >= 4 is 22.6 Å². The molecule has 0 spiro atoms. The van der Waals surface area contributed by atoms with Crippen molar-refractivity contribution < 1.29 is 18.3 Å². The molecule has 0 saturated heterocycles. The van der Waals surface area contributed by atoms with Crippen LogP contribution in [-0.2, 0) is 0 Å². The zero-order chi connectivity index (χ0) is 20.8. The van der Waals surface area contributed by atoms with E-state index in [-0.39, 0.29) is 22.3 Å². The molecule has 1 aliphatic rings. The molecule has 1 atom stereocenters. The van der Waals surface area contributed by atoms with E-state index in [9.17, 15) is 14.0 Å². The summed E-state index contributed by atoms with van der Waals surface area (Å²) in [6, 6.07) is 19.2. The van der Waals surface area contributed by atoms with E-state index in [1.165, 1.54) is 17.0 Å². The van der Waals surface area contributed by atoms with Gasteiger partial charge in [0.2, 0.25) is 5.76 Å². The van der Waals surface area contributed by atoms with E-state index >= 15 is 0 Å². The second-order valence-electron chi connectivity index (χ2n) is 7.00. The van der Waals surface area contributed by atoms with Gasteiger partial charge in [0.25, 0.3) is 5.91 Å². The number of methoxy groups -OCH3 is 1. The monoisotopic (exact) mass is 401 g/mol. The predicted octanol–water partition coefficient (Wildman–Crippen LogP) is 4.69. The minimum Gasteiger partial charge on any atom is -0.497 e. The fraction of sp³-hybridized carbons (Fsp3) is 0.0833. The number of carbonyl (C=O) groups excluding carboxylic acids is 1. The van der Waals surface area contributed by atoms with Gasteiger partial charge < -0.3 is 9.15 Å². The molecule has 1 amide bonds. The van der Waals surface area contributed by atoms with E-state index in [0.29, 0.717) is 17.0 Å². The number of carbonyl (C=O) groups is 1. The average molecular weight is 401 g/mol. The van der Waals surface area contributed by atoms with Crippen LogP contribution in [0.3, 0.4) is 0 Å². The lowest BCUT2D eigenvalue weighted by atomic mass is 9.98. The van der Waals surface area contributed by atoms with Crippen LogP contribution in [0, 0.1) is 5.82 Å². The summed E-state index contributed by atoms with van der Waals surface area (Å²) in [6.45, 7) is 0. The second kappa shape index (κ2) is 6.84. The predicted molar refractivity (Wildman–Crippen MR) is 111 cm³/mol. The van der Waals surface area contributed by atoms with E-state index in [1.807, 2.05) is 24.3 Å². The number of ether oxygens (including phenoxy) is 1. The summed E-state index contributed by atoms with van der Waals surface area (Å²) in [5.41, 5.74) is 1.25. The average Bonchev–Trinajstić information content (AvgIpc) is 3.07. The zero-order valence-electron chi connectivity index (χ0n) is 16.0. The Morgan fingerprint density at radius 1 is 0.967 bits per heavy atom. The molecule has 3 aromatic carbocycles. The molecule has 0 radical (unpaired) electrons. The molecule has 0 N–H and O–H groups in total. The highest BCUT2D eigenvalue weighted by atomic mass is 19.1. The van der Waals surface area contributed by atoms with Crippen LogP contribution >= 0.6 is 0 Å². The van der Waals surface area contributed by atoms with Gasteiger partial charge in [-0.2, -0.15) is 0 Å². The lowest BCUT2D eigenvalue weighted by Crippen LogP contribution is -2.29. The molecular formula is C24H16FNO4. The molecule has 1 aliphatic heterocycles. The fourth-order valence-electron chi connectivity index (χ4n) is 3.93. The van der Waals surface area contributed by atoms with Crippen LogP contribution in [0.25, 0.3) is 11.0 Å². The van der Waals surface area contributed by atoms with Crippen LogP contribution in [0.4, 0.5) is 10.1 Å². The largest absolute Gasteiger partial charge is 0.497 e. The maximum atomic E-state index is 13.8. The highest BCUT2D eigenvalue weighted by Gasteiger charge is 2.43. The van der Waals surface area contributed by atoms with Gasteiger partial charge in [-0.25, -0.2) is 4.39 Å². The van der Waals surface area contributed by atoms with E-state index in [1.54, 1.807) is 37.4 Å². The summed E-state index contributed by atoms with van der Waals surface area (Å²) in [4.78, 5) is 28.3. The van der Waals surface area contributed by atoms with Crippen LogP contribution in [-0.4, -0.2) is 13.0 Å². The van der Waals surface area contributed by atoms with Gasteiger partial charge >= 0.3 is 0 Å². The summed E-state index contributed by atoms with van der Waals surface area (Å²) < 4.78 is 25.0. The SMILES string of the molecule is COc1cccc(C2c3c(oc4ccc(F)cc4c3=O)C(=O)N2c2ccccc2)c1. The van der Waals surface area contributed by atoms with Crippen molar-refractivity contribution in [2.45, 2.75) is 6.04 Å². The Hall–Kier alpha value is -3.93. The van der Waals surface area contributed by atoms with Gasteiger partial charge in [0.1, 0.15) is 17.1 Å². The Balaban J connectivity index is 1.83. The van der Waals surface area contributed by atoms with Crippen molar-refractivity contribution in [1.29, 1.82) is 0 Å². The van der Waals surface area contributed by atoms with Gasteiger partial charge in [0, 0.05) is 5.69 Å². The normalized spacial score (nSPS) is 15.5. The van der Waals surface area contributed by atoms with Crippen LogP contribution in [0.15, 0.2) is 82.0 Å². The highest BCUT2D eigenvalue weighted by Crippen LogP contribution is 2.41. The van der Waals surface area contributed by atoms with Crippen molar-refractivity contribution in [2.24, 2.45) is 0 Å². The first kappa shape index (κ1) is 18.1. The number of para-hydroxylation sites is 1. The van der Waals surface area contributed by atoms with E-state index in [4.69, 9.17) is 9.15 Å². The topological polar surface area (TPSA) is 59.8 Å². The van der Waals surface area contributed by atoms with Crippen LogP contribution in [0.2, 0.25) is 0 Å². The molecule has 0 aliphatic carbocycles. The van der Waals surface area contributed by atoms with Crippen LogP contribution in [0.1, 0.15) is 27.7 Å². The fourth-order valence-corrected chi connectivity index (χ4v) is 3.93. The van der Waals surface area contributed by atoms with E-state index in [0.717, 1.165) is 6.07 Å². The quantitative estimate of drug-likeness (QED) is 0.500. The number of anilines is 1. The first-order valence-corrected chi connectivity index (χ1v) is 9.37. The summed E-state index contributed by atoms with van der Waals surface area (Å²) in [7, 11) is 1.55. The highest BCUT2D eigenvalue weighted by molar-refractivity contribution is 6.10. The van der Waals surface area contributed by atoms with Crippen molar-refractivity contribution in [3.63, 3.8) is 0 Å². The lowest BCUT2D eigenvalue weighted by molar-refractivity contribution is 0.0971. The summed E-state index contributed by atoms with van der Waals surface area (Å²) in [6.07, 6.45) is 0. The third-order valence-electron chi connectivity index (χ3n) is 5.28. The lowest BCUT2D eigenvalue weighted by Gasteiger charge is -2.25. The van der Waals surface area contributed by atoms with Gasteiger partial charge in [-0.15, -0.1) is 0 Å². The van der Waals surface area contributed by atoms with Gasteiger partial charge in [-0.3, -0.25) is 14.5 Å². The molecule has 30 heavy (non-hydrogen) atoms. The van der Waals surface area contributed by atoms with E-state index < -0.39 is 23.2 Å². The number of halogens is 1. The molecule has 0 saturated carbocycles. The molecule has 0 bridgehead atoms. The number of hydrogen-bond acceptors (Lipinski definition) is 4. The maximum absolute atomic E-state index is 13.8. The number of nitrogens with zero attached hydrogens (tertiary/aromatic N) is 1. The van der Waals surface area contributed by atoms with Gasteiger partial charge in [-0.05, 0) is 48.0 Å². The summed E-state index contributed by atoms with van der Waals surface area (Å²) in [5.74, 6) is -0.405.